The predicted octanol–water partition coefficient (Wildman–Crippen LogP) is 4.43. The van der Waals surface area contributed by atoms with Crippen molar-refractivity contribution in [2.24, 2.45) is 5.92 Å². The van der Waals surface area contributed by atoms with E-state index in [9.17, 15) is 9.18 Å². The van der Waals surface area contributed by atoms with Gasteiger partial charge < -0.3 is 10.3 Å². The highest BCUT2D eigenvalue weighted by Gasteiger charge is 2.16. The van der Waals surface area contributed by atoms with Crippen LogP contribution in [0.25, 0.3) is 21.7 Å². The van der Waals surface area contributed by atoms with Crippen molar-refractivity contribution in [1.82, 2.24) is 9.97 Å². The monoisotopic (exact) mass is 377 g/mol. The minimum atomic E-state index is -0.382. The summed E-state index contributed by atoms with van der Waals surface area (Å²) in [4.78, 5) is 19.5. The summed E-state index contributed by atoms with van der Waals surface area (Å²) >= 11 is 3.41. The molecular formula is C17H17BrFN3O. The Morgan fingerprint density at radius 2 is 2.00 bits per heavy atom. The number of anilines is 1. The van der Waals surface area contributed by atoms with Crippen LogP contribution < -0.4 is 10.9 Å². The van der Waals surface area contributed by atoms with E-state index in [0.29, 0.717) is 32.5 Å². The fourth-order valence-corrected chi connectivity index (χ4v) is 2.85. The quantitative estimate of drug-likeness (QED) is 0.663. The van der Waals surface area contributed by atoms with Gasteiger partial charge in [0.25, 0.3) is 5.56 Å². The van der Waals surface area contributed by atoms with Crippen LogP contribution in [0.3, 0.4) is 0 Å². The van der Waals surface area contributed by atoms with Gasteiger partial charge >= 0.3 is 0 Å². The van der Waals surface area contributed by atoms with Crippen LogP contribution in [0.4, 0.5) is 10.2 Å². The highest BCUT2D eigenvalue weighted by molar-refractivity contribution is 9.10. The molecule has 2 N–H and O–H groups in total. The lowest BCUT2D eigenvalue weighted by atomic mass is 10.0. The molecule has 1 atom stereocenters. The van der Waals surface area contributed by atoms with Crippen molar-refractivity contribution in [2.75, 3.05) is 5.32 Å². The fourth-order valence-electron chi connectivity index (χ4n) is 2.45. The van der Waals surface area contributed by atoms with E-state index in [-0.39, 0.29) is 17.4 Å². The highest BCUT2D eigenvalue weighted by Crippen LogP contribution is 2.31. The molecular weight excluding hydrogens is 361 g/mol. The molecule has 0 bridgehead atoms. The van der Waals surface area contributed by atoms with Crippen molar-refractivity contribution in [2.45, 2.75) is 26.8 Å². The van der Waals surface area contributed by atoms with Gasteiger partial charge in [-0.1, -0.05) is 13.8 Å². The third kappa shape index (κ3) is 2.83. The Hall–Kier alpha value is -1.95. The Morgan fingerprint density at radius 1 is 1.26 bits per heavy atom. The molecule has 120 valence electrons. The maximum atomic E-state index is 13.8. The summed E-state index contributed by atoms with van der Waals surface area (Å²) in [6.07, 6.45) is 1.55. The molecule has 0 aliphatic rings. The van der Waals surface area contributed by atoms with Crippen LogP contribution in [0.1, 0.15) is 20.8 Å². The molecule has 0 amide bonds. The molecule has 2 aromatic heterocycles. The SMILES string of the molecule is CC(C)[C@@H](C)Nc1nc2c(Br)c[nH]c(=O)c2c2cc(F)ccc12. The summed E-state index contributed by atoms with van der Waals surface area (Å²) in [6, 6.07) is 4.61. The smallest absolute Gasteiger partial charge is 0.258 e. The second kappa shape index (κ2) is 5.92. The summed E-state index contributed by atoms with van der Waals surface area (Å²) in [6.45, 7) is 6.29. The minimum Gasteiger partial charge on any atom is -0.367 e. The summed E-state index contributed by atoms with van der Waals surface area (Å²) in [7, 11) is 0. The number of hydrogen-bond donors (Lipinski definition) is 2. The maximum Gasteiger partial charge on any atom is 0.258 e. The Bertz CT molecular complexity index is 952. The number of rotatable bonds is 3. The second-order valence-corrected chi connectivity index (χ2v) is 6.87. The van der Waals surface area contributed by atoms with Crippen molar-refractivity contribution in [1.29, 1.82) is 0 Å². The van der Waals surface area contributed by atoms with Gasteiger partial charge in [-0.05, 0) is 47.0 Å². The van der Waals surface area contributed by atoms with Crippen LogP contribution in [0.5, 0.6) is 0 Å². The summed E-state index contributed by atoms with van der Waals surface area (Å²) < 4.78 is 14.4. The molecule has 0 spiro atoms. The van der Waals surface area contributed by atoms with Crippen molar-refractivity contribution < 1.29 is 4.39 Å². The second-order valence-electron chi connectivity index (χ2n) is 6.02. The van der Waals surface area contributed by atoms with Crippen molar-refractivity contribution in [3.05, 3.63) is 45.0 Å². The van der Waals surface area contributed by atoms with Gasteiger partial charge in [0.05, 0.1) is 15.4 Å². The lowest BCUT2D eigenvalue weighted by Gasteiger charge is -2.20. The lowest BCUT2D eigenvalue weighted by Crippen LogP contribution is -2.22. The highest BCUT2D eigenvalue weighted by atomic mass is 79.9. The predicted molar refractivity (Wildman–Crippen MR) is 95.5 cm³/mol. The number of pyridine rings is 2. The summed E-state index contributed by atoms with van der Waals surface area (Å²) in [5.74, 6) is 0.679. The van der Waals surface area contributed by atoms with Crippen LogP contribution >= 0.6 is 15.9 Å². The first-order valence-electron chi connectivity index (χ1n) is 7.45. The zero-order chi connectivity index (χ0) is 16.7. The van der Waals surface area contributed by atoms with Gasteiger partial charge in [-0.15, -0.1) is 0 Å². The number of H-pyrrole nitrogens is 1. The van der Waals surface area contributed by atoms with E-state index < -0.39 is 0 Å². The zero-order valence-electron chi connectivity index (χ0n) is 13.1. The molecule has 0 fully saturated rings. The first-order chi connectivity index (χ1) is 10.9. The largest absolute Gasteiger partial charge is 0.367 e. The van der Waals surface area contributed by atoms with E-state index in [4.69, 9.17) is 0 Å². The van der Waals surface area contributed by atoms with Crippen LogP contribution in [-0.4, -0.2) is 16.0 Å². The van der Waals surface area contributed by atoms with E-state index in [1.54, 1.807) is 12.3 Å². The number of fused-ring (bicyclic) bond motifs is 3. The van der Waals surface area contributed by atoms with Gasteiger partial charge in [0.15, 0.2) is 0 Å². The number of aromatic nitrogens is 2. The molecule has 3 aromatic rings. The van der Waals surface area contributed by atoms with Gasteiger partial charge in [-0.3, -0.25) is 4.79 Å². The van der Waals surface area contributed by atoms with E-state index in [0.717, 1.165) is 5.39 Å². The van der Waals surface area contributed by atoms with E-state index >= 15 is 0 Å². The molecule has 0 saturated heterocycles. The Balaban J connectivity index is 2.40. The number of hydrogen-bond acceptors (Lipinski definition) is 3. The Labute approximate surface area is 141 Å². The van der Waals surface area contributed by atoms with Crippen molar-refractivity contribution in [3.63, 3.8) is 0 Å². The van der Waals surface area contributed by atoms with Crippen molar-refractivity contribution in [3.8, 4) is 0 Å². The average Bonchev–Trinajstić information content (AvgIpc) is 2.50. The molecule has 3 rings (SSSR count). The first kappa shape index (κ1) is 15.9. The van der Waals surface area contributed by atoms with E-state index in [1.165, 1.54) is 12.1 Å². The lowest BCUT2D eigenvalue weighted by molar-refractivity contribution is 0.559. The van der Waals surface area contributed by atoms with Crippen molar-refractivity contribution >= 4 is 43.4 Å². The molecule has 0 aliphatic carbocycles. The summed E-state index contributed by atoms with van der Waals surface area (Å²) in [5, 5.41) is 5.05. The number of aromatic amines is 1. The number of benzene rings is 1. The van der Waals surface area contributed by atoms with Gasteiger partial charge in [-0.25, -0.2) is 9.37 Å². The van der Waals surface area contributed by atoms with Gasteiger partial charge in [-0.2, -0.15) is 0 Å². The van der Waals surface area contributed by atoms with Gasteiger partial charge in [0.1, 0.15) is 11.6 Å². The van der Waals surface area contributed by atoms with Crippen LogP contribution in [0, 0.1) is 11.7 Å². The first-order valence-corrected chi connectivity index (χ1v) is 8.24. The van der Waals surface area contributed by atoms with Crippen LogP contribution in [-0.2, 0) is 0 Å². The molecule has 0 radical (unpaired) electrons. The Kier molecular flexibility index (Phi) is 4.10. The van der Waals surface area contributed by atoms with Crippen LogP contribution in [0.2, 0.25) is 0 Å². The van der Waals surface area contributed by atoms with E-state index in [2.05, 4.69) is 52.0 Å². The molecule has 0 unspecified atom stereocenters. The topological polar surface area (TPSA) is 57.8 Å². The molecule has 0 saturated carbocycles. The fraction of sp³-hybridized carbons (Fsp3) is 0.294. The van der Waals surface area contributed by atoms with Gasteiger partial charge in [0, 0.05) is 23.0 Å². The number of nitrogens with one attached hydrogen (secondary N) is 2. The molecule has 4 nitrogen and oxygen atoms in total. The summed E-state index contributed by atoms with van der Waals surface area (Å²) in [5.41, 5.74) is 0.236. The molecule has 6 heteroatoms. The third-order valence-electron chi connectivity index (χ3n) is 4.11. The normalized spacial score (nSPS) is 13.0. The van der Waals surface area contributed by atoms with Crippen LogP contribution in [0.15, 0.2) is 33.7 Å². The van der Waals surface area contributed by atoms with E-state index in [1.807, 2.05) is 0 Å². The standard InChI is InChI=1S/C17H17BrFN3O/c1-8(2)9(3)21-16-11-5-4-10(19)6-12(11)14-15(22-16)13(18)7-20-17(14)23/h4-9H,1-3H3,(H,20,23)(H,21,22)/t9-/m1/s1. The molecule has 0 aliphatic heterocycles. The Morgan fingerprint density at radius 3 is 2.70 bits per heavy atom. The third-order valence-corrected chi connectivity index (χ3v) is 4.72. The molecule has 23 heavy (non-hydrogen) atoms. The number of halogens is 2. The average molecular weight is 378 g/mol. The number of nitrogens with zero attached hydrogens (tertiary/aromatic N) is 1. The maximum absolute atomic E-state index is 13.8. The minimum absolute atomic E-state index is 0.189. The van der Waals surface area contributed by atoms with Gasteiger partial charge in [0.2, 0.25) is 0 Å². The molecule has 2 heterocycles. The molecule has 1 aromatic carbocycles. The zero-order valence-corrected chi connectivity index (χ0v) is 14.7.